The molecule has 0 radical (unpaired) electrons. The minimum Gasteiger partial charge on any atom is -0.497 e. The van der Waals surface area contributed by atoms with Gasteiger partial charge in [0.2, 0.25) is 5.91 Å². The van der Waals surface area contributed by atoms with Gasteiger partial charge < -0.3 is 10.1 Å². The summed E-state index contributed by atoms with van der Waals surface area (Å²) in [7, 11) is 1.51. The maximum Gasteiger partial charge on any atom is 0.418 e. The Bertz CT molecular complexity index is 1090. The fourth-order valence-electron chi connectivity index (χ4n) is 2.66. The number of rotatable bonds is 5. The van der Waals surface area contributed by atoms with Gasteiger partial charge >= 0.3 is 6.18 Å². The Morgan fingerprint density at radius 1 is 1.10 bits per heavy atom. The zero-order valence-electron chi connectivity index (χ0n) is 15.2. The zero-order valence-corrected chi connectivity index (χ0v) is 15.2. The first-order valence-corrected chi connectivity index (χ1v) is 8.46. The van der Waals surface area contributed by atoms with E-state index >= 15 is 0 Å². The summed E-state index contributed by atoms with van der Waals surface area (Å²) >= 11 is 0. The lowest BCUT2D eigenvalue weighted by Gasteiger charge is -2.14. The highest BCUT2D eigenvalue weighted by Crippen LogP contribution is 2.34. The Hall–Kier alpha value is -3.62. The van der Waals surface area contributed by atoms with Crippen molar-refractivity contribution in [2.45, 2.75) is 12.7 Å². The summed E-state index contributed by atoms with van der Waals surface area (Å²) in [6.45, 7) is -0.539. The van der Waals surface area contributed by atoms with Crippen molar-refractivity contribution in [3.63, 3.8) is 0 Å². The third-order valence-corrected chi connectivity index (χ3v) is 4.03. The quantitative estimate of drug-likeness (QED) is 0.707. The molecule has 0 atom stereocenters. The van der Waals surface area contributed by atoms with Gasteiger partial charge in [-0.05, 0) is 30.3 Å². The predicted octanol–water partition coefficient (Wildman–Crippen LogP) is 3.58. The van der Waals surface area contributed by atoms with Crippen molar-refractivity contribution in [2.24, 2.45) is 0 Å². The first-order chi connectivity index (χ1) is 13.8. The number of para-hydroxylation sites is 1. The Morgan fingerprint density at radius 2 is 1.86 bits per heavy atom. The molecular formula is C20H16F3N3O3. The number of alkyl halides is 3. The van der Waals surface area contributed by atoms with E-state index < -0.39 is 29.8 Å². The highest BCUT2D eigenvalue weighted by molar-refractivity contribution is 5.91. The average molecular weight is 403 g/mol. The third kappa shape index (κ3) is 4.81. The van der Waals surface area contributed by atoms with Gasteiger partial charge in [-0.2, -0.15) is 18.3 Å². The van der Waals surface area contributed by atoms with E-state index in [2.05, 4.69) is 10.4 Å². The number of hydrogen-bond acceptors (Lipinski definition) is 4. The number of methoxy groups -OCH3 is 1. The number of anilines is 1. The number of carbonyl (C=O) groups is 1. The predicted molar refractivity (Wildman–Crippen MR) is 101 cm³/mol. The number of amides is 1. The summed E-state index contributed by atoms with van der Waals surface area (Å²) in [5.74, 6) is -0.220. The van der Waals surface area contributed by atoms with E-state index in [9.17, 15) is 22.8 Å². The number of aromatic nitrogens is 2. The Balaban J connectivity index is 1.84. The summed E-state index contributed by atoms with van der Waals surface area (Å²) in [5, 5.41) is 6.33. The largest absolute Gasteiger partial charge is 0.497 e. The molecule has 0 saturated carbocycles. The molecule has 0 unspecified atom stereocenters. The number of carbonyl (C=O) groups excluding carboxylic acids is 1. The maximum atomic E-state index is 13.1. The van der Waals surface area contributed by atoms with Gasteiger partial charge in [-0.15, -0.1) is 0 Å². The van der Waals surface area contributed by atoms with Crippen LogP contribution in [0.2, 0.25) is 0 Å². The van der Waals surface area contributed by atoms with Crippen LogP contribution in [0.15, 0.2) is 65.5 Å². The topological polar surface area (TPSA) is 73.2 Å². The second kappa shape index (κ2) is 8.17. The molecule has 9 heteroatoms. The van der Waals surface area contributed by atoms with Crippen LogP contribution in [0.5, 0.6) is 5.75 Å². The highest BCUT2D eigenvalue weighted by atomic mass is 19.4. The normalized spacial score (nSPS) is 11.2. The summed E-state index contributed by atoms with van der Waals surface area (Å²) < 4.78 is 45.2. The second-order valence-electron chi connectivity index (χ2n) is 6.04. The zero-order chi connectivity index (χ0) is 21.0. The average Bonchev–Trinajstić information content (AvgIpc) is 2.69. The van der Waals surface area contributed by atoms with Gasteiger partial charge in [-0.3, -0.25) is 9.59 Å². The van der Waals surface area contributed by atoms with Crippen LogP contribution in [-0.2, 0) is 17.5 Å². The molecule has 0 saturated heterocycles. The minimum absolute atomic E-state index is 0.387. The fraction of sp³-hybridized carbons (Fsp3) is 0.150. The van der Waals surface area contributed by atoms with E-state index in [-0.39, 0.29) is 5.69 Å². The molecule has 1 aromatic heterocycles. The van der Waals surface area contributed by atoms with Crippen molar-refractivity contribution < 1.29 is 22.7 Å². The Morgan fingerprint density at radius 3 is 2.59 bits per heavy atom. The van der Waals surface area contributed by atoms with Gasteiger partial charge in [0.1, 0.15) is 12.3 Å². The molecule has 0 fully saturated rings. The smallest absolute Gasteiger partial charge is 0.418 e. The first kappa shape index (κ1) is 20.1. The summed E-state index contributed by atoms with van der Waals surface area (Å²) in [6, 6.07) is 14.3. The first-order valence-electron chi connectivity index (χ1n) is 8.46. The number of ether oxygens (including phenoxy) is 1. The van der Waals surface area contributed by atoms with Crippen LogP contribution >= 0.6 is 0 Å². The summed E-state index contributed by atoms with van der Waals surface area (Å²) in [4.78, 5) is 24.3. The van der Waals surface area contributed by atoms with Crippen LogP contribution in [0.1, 0.15) is 5.56 Å². The van der Waals surface area contributed by atoms with E-state index in [1.807, 2.05) is 0 Å². The molecule has 1 heterocycles. The van der Waals surface area contributed by atoms with Crippen LogP contribution in [0.25, 0.3) is 11.3 Å². The van der Waals surface area contributed by atoms with Gasteiger partial charge in [0.15, 0.2) is 0 Å². The van der Waals surface area contributed by atoms with Crippen LogP contribution in [0.3, 0.4) is 0 Å². The number of halogens is 3. The molecule has 29 heavy (non-hydrogen) atoms. The van der Waals surface area contributed by atoms with E-state index in [1.165, 1.54) is 31.4 Å². The lowest BCUT2D eigenvalue weighted by atomic mass is 10.1. The highest BCUT2D eigenvalue weighted by Gasteiger charge is 2.33. The molecule has 1 N–H and O–H groups in total. The number of hydrogen-bond donors (Lipinski definition) is 1. The van der Waals surface area contributed by atoms with Crippen molar-refractivity contribution in [3.8, 4) is 17.0 Å². The number of benzene rings is 2. The van der Waals surface area contributed by atoms with Gasteiger partial charge in [0, 0.05) is 11.6 Å². The molecule has 0 bridgehead atoms. The SMILES string of the molecule is COc1cccc(-c2ccc(=O)n(CC(=O)Nc3ccccc3C(F)(F)F)n2)c1. The second-order valence-corrected chi connectivity index (χ2v) is 6.04. The molecule has 3 rings (SSSR count). The van der Waals surface area contributed by atoms with Crippen LogP contribution in [0.4, 0.5) is 18.9 Å². The monoisotopic (exact) mass is 403 g/mol. The van der Waals surface area contributed by atoms with Crippen molar-refractivity contribution in [3.05, 3.63) is 76.6 Å². The minimum atomic E-state index is -4.62. The maximum absolute atomic E-state index is 13.1. The molecule has 150 valence electrons. The van der Waals surface area contributed by atoms with E-state index in [0.29, 0.717) is 17.0 Å². The third-order valence-electron chi connectivity index (χ3n) is 4.03. The van der Waals surface area contributed by atoms with Crippen LogP contribution < -0.4 is 15.6 Å². The lowest BCUT2D eigenvalue weighted by Crippen LogP contribution is -2.29. The van der Waals surface area contributed by atoms with Crippen molar-refractivity contribution in [2.75, 3.05) is 12.4 Å². The van der Waals surface area contributed by atoms with E-state index in [1.54, 1.807) is 24.3 Å². The number of nitrogens with one attached hydrogen (secondary N) is 1. The fourth-order valence-corrected chi connectivity index (χ4v) is 2.66. The molecule has 6 nitrogen and oxygen atoms in total. The van der Waals surface area contributed by atoms with Crippen molar-refractivity contribution in [1.82, 2.24) is 9.78 Å². The van der Waals surface area contributed by atoms with Crippen LogP contribution in [-0.4, -0.2) is 22.8 Å². The van der Waals surface area contributed by atoms with E-state index in [0.717, 1.165) is 16.8 Å². The lowest BCUT2D eigenvalue weighted by molar-refractivity contribution is -0.137. The van der Waals surface area contributed by atoms with Crippen molar-refractivity contribution in [1.29, 1.82) is 0 Å². The Labute approximate surface area is 163 Å². The molecule has 0 aliphatic heterocycles. The van der Waals surface area contributed by atoms with Gasteiger partial charge in [-0.1, -0.05) is 24.3 Å². The van der Waals surface area contributed by atoms with Gasteiger partial charge in [-0.25, -0.2) is 4.68 Å². The molecule has 2 aromatic carbocycles. The molecule has 0 aliphatic rings. The summed E-state index contributed by atoms with van der Waals surface area (Å²) in [6.07, 6.45) is -4.62. The molecular weight excluding hydrogens is 387 g/mol. The standard InChI is InChI=1S/C20H16F3N3O3/c1-29-14-6-4-5-13(11-14)16-9-10-19(28)26(25-16)12-18(27)24-17-8-3-2-7-15(17)20(21,22)23/h2-11H,12H2,1H3,(H,24,27). The molecule has 1 amide bonds. The van der Waals surface area contributed by atoms with Crippen molar-refractivity contribution >= 4 is 11.6 Å². The van der Waals surface area contributed by atoms with Gasteiger partial charge in [0.25, 0.3) is 5.56 Å². The Kier molecular flexibility index (Phi) is 5.67. The summed E-state index contributed by atoms with van der Waals surface area (Å²) in [5.41, 5.74) is -0.857. The van der Waals surface area contributed by atoms with E-state index in [4.69, 9.17) is 4.74 Å². The van der Waals surface area contributed by atoms with Gasteiger partial charge in [0.05, 0.1) is 24.1 Å². The number of nitrogens with zero attached hydrogens (tertiary/aromatic N) is 2. The van der Waals surface area contributed by atoms with Crippen LogP contribution in [0, 0.1) is 0 Å². The molecule has 0 spiro atoms. The molecule has 0 aliphatic carbocycles. The molecule has 3 aromatic rings.